The van der Waals surface area contributed by atoms with Crippen molar-refractivity contribution in [1.82, 2.24) is 10.2 Å². The zero-order chi connectivity index (χ0) is 17.1. The smallest absolute Gasteiger partial charge is 0.289 e. The number of nitrogens with zero attached hydrogens (tertiary/aromatic N) is 1. The quantitative estimate of drug-likeness (QED) is 0.782. The normalized spacial score (nSPS) is 12.1. The largest absolute Gasteiger partial charge is 0.459 e. The lowest BCUT2D eigenvalue weighted by Crippen LogP contribution is -2.39. The topological polar surface area (TPSA) is 75.7 Å². The van der Waals surface area contributed by atoms with Gasteiger partial charge in [-0.15, -0.1) is 0 Å². The number of hydrogen-bond acceptors (Lipinski definition) is 4. The molecule has 0 aliphatic carbocycles. The van der Waals surface area contributed by atoms with Crippen LogP contribution in [0.25, 0.3) is 11.0 Å². The van der Waals surface area contributed by atoms with Crippen LogP contribution in [0.15, 0.2) is 57.6 Å². The fourth-order valence-corrected chi connectivity index (χ4v) is 2.45. The second-order valence-electron chi connectivity index (χ2n) is 5.61. The number of amides is 2. The second kappa shape index (κ2) is 6.62. The van der Waals surface area contributed by atoms with Crippen LogP contribution in [-0.4, -0.2) is 30.3 Å². The van der Waals surface area contributed by atoms with Crippen molar-refractivity contribution in [2.75, 3.05) is 13.6 Å². The van der Waals surface area contributed by atoms with Gasteiger partial charge in [0.05, 0.1) is 18.8 Å². The Hall–Kier alpha value is -3.02. The van der Waals surface area contributed by atoms with E-state index >= 15 is 0 Å². The summed E-state index contributed by atoms with van der Waals surface area (Å²) in [5, 5.41) is 3.82. The minimum atomic E-state index is -0.341. The van der Waals surface area contributed by atoms with Gasteiger partial charge in [-0.3, -0.25) is 9.59 Å². The van der Waals surface area contributed by atoms with Gasteiger partial charge in [0.1, 0.15) is 11.3 Å². The van der Waals surface area contributed by atoms with Crippen molar-refractivity contribution in [3.8, 4) is 0 Å². The van der Waals surface area contributed by atoms with Crippen molar-refractivity contribution in [3.63, 3.8) is 0 Å². The van der Waals surface area contributed by atoms with Crippen molar-refractivity contribution >= 4 is 22.8 Å². The van der Waals surface area contributed by atoms with Crippen LogP contribution in [0.4, 0.5) is 0 Å². The van der Waals surface area contributed by atoms with E-state index in [4.69, 9.17) is 8.83 Å². The van der Waals surface area contributed by atoms with E-state index in [1.807, 2.05) is 37.3 Å². The van der Waals surface area contributed by atoms with Crippen LogP contribution >= 0.6 is 0 Å². The molecule has 2 heterocycles. The molecule has 124 valence electrons. The van der Waals surface area contributed by atoms with Gasteiger partial charge in [-0.05, 0) is 31.2 Å². The Labute approximate surface area is 139 Å². The molecule has 3 rings (SSSR count). The van der Waals surface area contributed by atoms with E-state index < -0.39 is 0 Å². The minimum Gasteiger partial charge on any atom is -0.459 e. The molecule has 24 heavy (non-hydrogen) atoms. The molecule has 6 heteroatoms. The molecule has 0 aliphatic heterocycles. The highest BCUT2D eigenvalue weighted by molar-refractivity contribution is 5.94. The van der Waals surface area contributed by atoms with Crippen LogP contribution in [0.1, 0.15) is 29.3 Å². The van der Waals surface area contributed by atoms with Crippen LogP contribution in [0.2, 0.25) is 0 Å². The van der Waals surface area contributed by atoms with Crippen LogP contribution < -0.4 is 5.32 Å². The molecule has 1 atom stereocenters. The Morgan fingerprint density at radius 2 is 2.00 bits per heavy atom. The van der Waals surface area contributed by atoms with Crippen LogP contribution in [0.3, 0.4) is 0 Å². The molecule has 2 aromatic heterocycles. The molecule has 0 spiro atoms. The first-order valence-electron chi connectivity index (χ1n) is 7.61. The molecular formula is C18H18N2O4. The fourth-order valence-electron chi connectivity index (χ4n) is 2.45. The molecule has 0 aliphatic rings. The zero-order valence-corrected chi connectivity index (χ0v) is 13.5. The molecule has 0 saturated heterocycles. The Morgan fingerprint density at radius 3 is 2.71 bits per heavy atom. The highest BCUT2D eigenvalue weighted by Gasteiger charge is 2.19. The third-order valence-corrected chi connectivity index (χ3v) is 3.71. The summed E-state index contributed by atoms with van der Waals surface area (Å²) in [6.45, 7) is 1.77. The molecule has 0 fully saturated rings. The van der Waals surface area contributed by atoms with Crippen molar-refractivity contribution in [2.45, 2.75) is 13.0 Å². The number of furan rings is 2. The van der Waals surface area contributed by atoms with E-state index in [-0.39, 0.29) is 30.2 Å². The number of nitrogens with one attached hydrogen (secondary N) is 1. The van der Waals surface area contributed by atoms with Gasteiger partial charge in [-0.1, -0.05) is 18.2 Å². The van der Waals surface area contributed by atoms with E-state index in [0.29, 0.717) is 5.76 Å². The maximum Gasteiger partial charge on any atom is 0.289 e. The average molecular weight is 326 g/mol. The molecular weight excluding hydrogens is 308 g/mol. The molecule has 0 unspecified atom stereocenters. The first-order chi connectivity index (χ1) is 11.5. The van der Waals surface area contributed by atoms with Gasteiger partial charge in [-0.2, -0.15) is 0 Å². The van der Waals surface area contributed by atoms with Crippen molar-refractivity contribution in [2.24, 2.45) is 0 Å². The Kier molecular flexibility index (Phi) is 4.37. The lowest BCUT2D eigenvalue weighted by molar-refractivity contribution is -0.122. The predicted molar refractivity (Wildman–Crippen MR) is 88.4 cm³/mol. The number of rotatable bonds is 5. The number of carbonyl (C=O) groups excluding carboxylic acids is 2. The van der Waals surface area contributed by atoms with Crippen molar-refractivity contribution < 1.29 is 18.4 Å². The maximum absolute atomic E-state index is 12.1. The SMILES string of the molecule is C[C@@H](NC(=O)CN(C)C(=O)c1ccco1)c1cc2ccccc2o1. The van der Waals surface area contributed by atoms with E-state index in [9.17, 15) is 9.59 Å². The standard InChI is InChI=1S/C18H18N2O4/c1-12(16-10-13-6-3-4-7-14(13)24-16)19-17(21)11-20(2)18(22)15-8-5-9-23-15/h3-10,12H,11H2,1-2H3,(H,19,21)/t12-/m1/s1. The van der Waals surface area contributed by atoms with Gasteiger partial charge in [0.2, 0.25) is 5.91 Å². The fraction of sp³-hybridized carbons (Fsp3) is 0.222. The molecule has 1 N–H and O–H groups in total. The van der Waals surface area contributed by atoms with E-state index in [1.165, 1.54) is 11.2 Å². The Bertz CT molecular complexity index is 818. The van der Waals surface area contributed by atoms with Crippen molar-refractivity contribution in [1.29, 1.82) is 0 Å². The van der Waals surface area contributed by atoms with Gasteiger partial charge in [-0.25, -0.2) is 0 Å². The zero-order valence-electron chi connectivity index (χ0n) is 13.5. The third kappa shape index (κ3) is 3.32. The summed E-state index contributed by atoms with van der Waals surface area (Å²) in [5.41, 5.74) is 0.777. The van der Waals surface area contributed by atoms with E-state index in [0.717, 1.165) is 11.0 Å². The second-order valence-corrected chi connectivity index (χ2v) is 5.61. The molecule has 0 saturated carbocycles. The summed E-state index contributed by atoms with van der Waals surface area (Å²) in [6, 6.07) is 12.5. The van der Waals surface area contributed by atoms with Gasteiger partial charge in [0, 0.05) is 12.4 Å². The lowest BCUT2D eigenvalue weighted by atomic mass is 10.2. The first-order valence-corrected chi connectivity index (χ1v) is 7.61. The van der Waals surface area contributed by atoms with Crippen LogP contribution in [0.5, 0.6) is 0 Å². The average Bonchev–Trinajstić information content (AvgIpc) is 3.23. The van der Waals surface area contributed by atoms with Crippen LogP contribution in [0, 0.1) is 0 Å². The van der Waals surface area contributed by atoms with Gasteiger partial charge in [0.25, 0.3) is 5.91 Å². The van der Waals surface area contributed by atoms with Crippen molar-refractivity contribution in [3.05, 3.63) is 60.2 Å². The first kappa shape index (κ1) is 15.9. The van der Waals surface area contributed by atoms with Crippen LogP contribution in [-0.2, 0) is 4.79 Å². The summed E-state index contributed by atoms with van der Waals surface area (Å²) in [7, 11) is 1.55. The number of para-hydroxylation sites is 1. The van der Waals surface area contributed by atoms with Gasteiger partial charge in [0.15, 0.2) is 5.76 Å². The lowest BCUT2D eigenvalue weighted by Gasteiger charge is -2.17. The molecule has 0 radical (unpaired) electrons. The number of carbonyl (C=O) groups is 2. The molecule has 2 amide bonds. The molecule has 6 nitrogen and oxygen atoms in total. The highest BCUT2D eigenvalue weighted by atomic mass is 16.3. The highest BCUT2D eigenvalue weighted by Crippen LogP contribution is 2.23. The number of benzene rings is 1. The molecule has 1 aromatic carbocycles. The predicted octanol–water partition coefficient (Wildman–Crippen LogP) is 2.98. The summed E-state index contributed by atoms with van der Waals surface area (Å²) < 4.78 is 10.8. The summed E-state index contributed by atoms with van der Waals surface area (Å²) in [6.07, 6.45) is 1.42. The third-order valence-electron chi connectivity index (χ3n) is 3.71. The Morgan fingerprint density at radius 1 is 1.21 bits per heavy atom. The van der Waals surface area contributed by atoms with E-state index in [1.54, 1.807) is 19.2 Å². The summed E-state index contributed by atoms with van der Waals surface area (Å²) in [4.78, 5) is 25.5. The van der Waals surface area contributed by atoms with Gasteiger partial charge < -0.3 is 19.1 Å². The molecule has 0 bridgehead atoms. The van der Waals surface area contributed by atoms with Gasteiger partial charge >= 0.3 is 0 Å². The Balaban J connectivity index is 1.60. The maximum atomic E-state index is 12.1. The number of fused-ring (bicyclic) bond motifs is 1. The monoisotopic (exact) mass is 326 g/mol. The minimum absolute atomic E-state index is 0.0654. The summed E-state index contributed by atoms with van der Waals surface area (Å²) in [5.74, 6) is 0.261. The molecule has 3 aromatic rings. The summed E-state index contributed by atoms with van der Waals surface area (Å²) >= 11 is 0. The number of hydrogen-bond donors (Lipinski definition) is 1. The van der Waals surface area contributed by atoms with E-state index in [2.05, 4.69) is 5.32 Å². The number of likely N-dealkylation sites (N-methyl/N-ethyl adjacent to an activating group) is 1.